The molecule has 0 saturated heterocycles. The molecule has 0 atom stereocenters. The van der Waals surface area contributed by atoms with Gasteiger partial charge < -0.3 is 14.6 Å². The number of aromatic carboxylic acids is 1. The van der Waals surface area contributed by atoms with Crippen LogP contribution < -0.4 is 0 Å². The van der Waals surface area contributed by atoms with Crippen molar-refractivity contribution in [3.05, 3.63) is 23.7 Å². The molecule has 100 valence electrons. The third-order valence-electron chi connectivity index (χ3n) is 2.30. The lowest BCUT2D eigenvalue weighted by Crippen LogP contribution is -1.94. The van der Waals surface area contributed by atoms with Crippen molar-refractivity contribution >= 4 is 23.7 Å². The van der Waals surface area contributed by atoms with Crippen molar-refractivity contribution in [1.29, 1.82) is 0 Å². The molecule has 18 heavy (non-hydrogen) atoms. The van der Waals surface area contributed by atoms with Crippen molar-refractivity contribution in [2.45, 2.75) is 31.4 Å². The molecule has 0 unspecified atom stereocenters. The average molecular weight is 272 g/mol. The summed E-state index contributed by atoms with van der Waals surface area (Å²) in [7, 11) is 0. The number of hydrogen-bond donors (Lipinski definition) is 2. The minimum absolute atomic E-state index is 0.0351. The van der Waals surface area contributed by atoms with Crippen molar-refractivity contribution in [3.63, 3.8) is 0 Å². The van der Waals surface area contributed by atoms with Gasteiger partial charge in [-0.25, -0.2) is 4.79 Å². The van der Waals surface area contributed by atoms with Gasteiger partial charge in [0.2, 0.25) is 5.76 Å². The number of furan rings is 1. The van der Waals surface area contributed by atoms with Crippen LogP contribution in [0.3, 0.4) is 0 Å². The minimum Gasteiger partial charge on any atom is -0.481 e. The van der Waals surface area contributed by atoms with Gasteiger partial charge in [-0.2, -0.15) is 11.8 Å². The normalized spacial score (nSPS) is 10.4. The molecule has 0 bridgehead atoms. The molecule has 1 aromatic rings. The van der Waals surface area contributed by atoms with E-state index in [0.29, 0.717) is 17.9 Å². The second kappa shape index (κ2) is 7.81. The first-order valence-electron chi connectivity index (χ1n) is 5.71. The van der Waals surface area contributed by atoms with Gasteiger partial charge in [-0.05, 0) is 30.7 Å². The maximum atomic E-state index is 10.6. The maximum Gasteiger partial charge on any atom is 0.371 e. The van der Waals surface area contributed by atoms with E-state index in [4.69, 9.17) is 14.6 Å². The first-order valence-corrected chi connectivity index (χ1v) is 6.86. The Bertz CT molecular complexity index is 399. The fourth-order valence-electron chi connectivity index (χ4n) is 1.40. The number of hydrogen-bond acceptors (Lipinski definition) is 4. The second-order valence-electron chi connectivity index (χ2n) is 3.83. The zero-order valence-electron chi connectivity index (χ0n) is 9.92. The molecule has 0 aromatic carbocycles. The van der Waals surface area contributed by atoms with Crippen LogP contribution >= 0.6 is 11.8 Å². The molecule has 1 aromatic heterocycles. The smallest absolute Gasteiger partial charge is 0.371 e. The van der Waals surface area contributed by atoms with Crippen LogP contribution in [-0.4, -0.2) is 27.9 Å². The lowest BCUT2D eigenvalue weighted by atomic mass is 10.2. The number of rotatable bonds is 9. The maximum absolute atomic E-state index is 10.6. The van der Waals surface area contributed by atoms with Crippen molar-refractivity contribution in [2.24, 2.45) is 0 Å². The van der Waals surface area contributed by atoms with E-state index in [1.54, 1.807) is 17.8 Å². The van der Waals surface area contributed by atoms with Gasteiger partial charge in [-0.3, -0.25) is 4.79 Å². The number of unbranched alkanes of at least 4 members (excludes halogenated alkanes) is 2. The highest BCUT2D eigenvalue weighted by Crippen LogP contribution is 2.17. The number of carboxylic acid groups (broad SMARTS) is 2. The van der Waals surface area contributed by atoms with E-state index in [-0.39, 0.29) is 12.2 Å². The van der Waals surface area contributed by atoms with Crippen molar-refractivity contribution in [1.82, 2.24) is 0 Å². The summed E-state index contributed by atoms with van der Waals surface area (Å²) < 4.78 is 5.11. The highest BCUT2D eigenvalue weighted by Gasteiger charge is 2.08. The van der Waals surface area contributed by atoms with Gasteiger partial charge in [-0.1, -0.05) is 6.42 Å². The molecule has 0 aliphatic carbocycles. The molecule has 1 heterocycles. The van der Waals surface area contributed by atoms with Crippen molar-refractivity contribution in [3.8, 4) is 0 Å². The molecule has 0 amide bonds. The summed E-state index contributed by atoms with van der Waals surface area (Å²) in [6, 6.07) is 3.12. The minimum atomic E-state index is -1.06. The van der Waals surface area contributed by atoms with Gasteiger partial charge >= 0.3 is 11.9 Å². The van der Waals surface area contributed by atoms with Crippen molar-refractivity contribution in [2.75, 3.05) is 5.75 Å². The van der Waals surface area contributed by atoms with E-state index in [1.807, 2.05) is 0 Å². The topological polar surface area (TPSA) is 87.7 Å². The SMILES string of the molecule is O=C(O)CCCCCSCc1ccc(C(=O)O)o1. The number of aliphatic carboxylic acids is 1. The summed E-state index contributed by atoms with van der Waals surface area (Å²) in [6.45, 7) is 0. The number of carboxylic acids is 2. The van der Waals surface area contributed by atoms with E-state index >= 15 is 0 Å². The van der Waals surface area contributed by atoms with Gasteiger partial charge in [0.15, 0.2) is 0 Å². The Hall–Kier alpha value is -1.43. The molecule has 0 saturated carbocycles. The molecule has 0 aliphatic heterocycles. The third-order valence-corrected chi connectivity index (χ3v) is 3.36. The molecular formula is C12H16O5S. The Labute approximate surface area is 109 Å². The fraction of sp³-hybridized carbons (Fsp3) is 0.500. The number of thioether (sulfide) groups is 1. The van der Waals surface area contributed by atoms with Crippen LogP contribution in [0, 0.1) is 0 Å². The lowest BCUT2D eigenvalue weighted by molar-refractivity contribution is -0.137. The summed E-state index contributed by atoms with van der Waals surface area (Å²) in [5.74, 6) is 0.379. The van der Waals surface area contributed by atoms with Crippen LogP contribution in [-0.2, 0) is 10.5 Å². The lowest BCUT2D eigenvalue weighted by Gasteiger charge is -1.99. The summed E-state index contributed by atoms with van der Waals surface area (Å²) in [4.78, 5) is 20.8. The van der Waals surface area contributed by atoms with E-state index in [2.05, 4.69) is 0 Å². The van der Waals surface area contributed by atoms with Crippen LogP contribution in [0.2, 0.25) is 0 Å². The zero-order valence-corrected chi connectivity index (χ0v) is 10.7. The molecule has 0 aliphatic rings. The quantitative estimate of drug-likeness (QED) is 0.672. The molecule has 0 fully saturated rings. The molecule has 5 nitrogen and oxygen atoms in total. The standard InChI is InChI=1S/C12H16O5S/c13-11(14)4-2-1-3-7-18-8-9-5-6-10(17-9)12(15)16/h5-6H,1-4,7-8H2,(H,13,14)(H,15,16). The Morgan fingerprint density at radius 2 is 1.94 bits per heavy atom. The Balaban J connectivity index is 2.07. The Kier molecular flexibility index (Phi) is 6.35. The van der Waals surface area contributed by atoms with E-state index in [9.17, 15) is 9.59 Å². The van der Waals surface area contributed by atoms with Crippen LogP contribution in [0.15, 0.2) is 16.5 Å². The average Bonchev–Trinajstić information content (AvgIpc) is 2.76. The second-order valence-corrected chi connectivity index (χ2v) is 4.93. The van der Waals surface area contributed by atoms with Crippen LogP contribution in [0.4, 0.5) is 0 Å². The van der Waals surface area contributed by atoms with Gasteiger partial charge in [-0.15, -0.1) is 0 Å². The predicted molar refractivity (Wildman–Crippen MR) is 67.9 cm³/mol. The Morgan fingerprint density at radius 1 is 1.17 bits per heavy atom. The van der Waals surface area contributed by atoms with E-state index < -0.39 is 11.9 Å². The van der Waals surface area contributed by atoms with Crippen LogP contribution in [0.1, 0.15) is 42.0 Å². The largest absolute Gasteiger partial charge is 0.481 e. The van der Waals surface area contributed by atoms with Gasteiger partial charge in [0.25, 0.3) is 0 Å². The summed E-state index contributed by atoms with van der Waals surface area (Å²) in [5.41, 5.74) is 0. The first kappa shape index (κ1) is 14.6. The molecule has 2 N–H and O–H groups in total. The molecule has 1 rings (SSSR count). The molecule has 6 heteroatoms. The van der Waals surface area contributed by atoms with Crippen molar-refractivity contribution < 1.29 is 24.2 Å². The van der Waals surface area contributed by atoms with Gasteiger partial charge in [0, 0.05) is 6.42 Å². The Morgan fingerprint density at radius 3 is 2.56 bits per heavy atom. The highest BCUT2D eigenvalue weighted by molar-refractivity contribution is 7.98. The zero-order chi connectivity index (χ0) is 13.4. The highest BCUT2D eigenvalue weighted by atomic mass is 32.2. The third kappa shape index (κ3) is 5.77. The van der Waals surface area contributed by atoms with Crippen LogP contribution in [0.5, 0.6) is 0 Å². The van der Waals surface area contributed by atoms with Gasteiger partial charge in [0.1, 0.15) is 5.76 Å². The van der Waals surface area contributed by atoms with E-state index in [0.717, 1.165) is 18.6 Å². The molecule has 0 radical (unpaired) electrons. The molecular weight excluding hydrogens is 256 g/mol. The monoisotopic (exact) mass is 272 g/mol. The molecule has 0 spiro atoms. The van der Waals surface area contributed by atoms with Gasteiger partial charge in [0.05, 0.1) is 5.75 Å². The summed E-state index contributed by atoms with van der Waals surface area (Å²) in [6.07, 6.45) is 2.80. The predicted octanol–water partition coefficient (Wildman–Crippen LogP) is 2.86. The van der Waals surface area contributed by atoms with Crippen LogP contribution in [0.25, 0.3) is 0 Å². The van der Waals surface area contributed by atoms with E-state index in [1.165, 1.54) is 6.07 Å². The fourth-order valence-corrected chi connectivity index (χ4v) is 2.31. The first-order chi connectivity index (χ1) is 8.59. The number of carbonyl (C=O) groups is 2. The summed E-state index contributed by atoms with van der Waals surface area (Å²) in [5, 5.41) is 17.1. The summed E-state index contributed by atoms with van der Waals surface area (Å²) >= 11 is 1.66.